The minimum absolute atomic E-state index is 0.0780. The van der Waals surface area contributed by atoms with Crippen molar-refractivity contribution in [1.29, 1.82) is 0 Å². The molecule has 1 aliphatic carbocycles. The molecule has 9 heteroatoms. The van der Waals surface area contributed by atoms with Crippen LogP contribution in [-0.4, -0.2) is 34.7 Å². The Bertz CT molecular complexity index is 981. The fourth-order valence-corrected chi connectivity index (χ4v) is 5.31. The number of carbonyl (C=O) groups excluding carboxylic acids is 2. The first-order valence-corrected chi connectivity index (χ1v) is 11.4. The molecule has 0 bridgehead atoms. The normalized spacial score (nSPS) is 13.9. The van der Waals surface area contributed by atoms with Gasteiger partial charge in [-0.05, 0) is 45.1 Å². The Labute approximate surface area is 177 Å². The molecule has 0 atom stereocenters. The van der Waals surface area contributed by atoms with Crippen LogP contribution in [0.1, 0.15) is 57.7 Å². The average molecular weight is 436 g/mol. The van der Waals surface area contributed by atoms with E-state index >= 15 is 0 Å². The highest BCUT2D eigenvalue weighted by Crippen LogP contribution is 2.37. The van der Waals surface area contributed by atoms with Crippen molar-refractivity contribution in [2.24, 2.45) is 0 Å². The lowest BCUT2D eigenvalue weighted by atomic mass is 9.96. The van der Waals surface area contributed by atoms with E-state index in [4.69, 9.17) is 4.74 Å². The highest BCUT2D eigenvalue weighted by atomic mass is 32.2. The van der Waals surface area contributed by atoms with E-state index in [-0.39, 0.29) is 17.2 Å². The molecule has 1 amide bonds. The quantitative estimate of drug-likeness (QED) is 0.423. The predicted molar refractivity (Wildman–Crippen MR) is 115 cm³/mol. The van der Waals surface area contributed by atoms with Crippen molar-refractivity contribution in [3.8, 4) is 0 Å². The van der Waals surface area contributed by atoms with Gasteiger partial charge in [-0.2, -0.15) is 0 Å². The van der Waals surface area contributed by atoms with Gasteiger partial charge in [-0.1, -0.05) is 24.6 Å². The van der Waals surface area contributed by atoms with Crippen LogP contribution in [0.15, 0.2) is 9.95 Å². The molecule has 0 fully saturated rings. The summed E-state index contributed by atoms with van der Waals surface area (Å²) in [7, 11) is 1.36. The van der Waals surface area contributed by atoms with Gasteiger partial charge < -0.3 is 15.0 Å². The Morgan fingerprint density at radius 3 is 2.62 bits per heavy atom. The van der Waals surface area contributed by atoms with E-state index in [1.165, 1.54) is 24.9 Å². The van der Waals surface area contributed by atoms with Crippen molar-refractivity contribution in [3.05, 3.63) is 37.6 Å². The van der Waals surface area contributed by atoms with Crippen LogP contribution in [0.25, 0.3) is 0 Å². The third kappa shape index (κ3) is 5.08. The summed E-state index contributed by atoms with van der Waals surface area (Å²) in [6.07, 6.45) is 6.20. The van der Waals surface area contributed by atoms with Crippen LogP contribution >= 0.6 is 23.1 Å². The number of ether oxygens (including phenoxy) is 1. The Hall–Kier alpha value is -2.13. The van der Waals surface area contributed by atoms with E-state index in [0.717, 1.165) is 54.3 Å². The molecule has 2 aromatic heterocycles. The Morgan fingerprint density at radius 2 is 1.93 bits per heavy atom. The number of methoxy groups -OCH3 is 1. The summed E-state index contributed by atoms with van der Waals surface area (Å²) in [5.41, 5.74) is 2.52. The first-order chi connectivity index (χ1) is 13.9. The molecule has 0 radical (unpaired) electrons. The maximum Gasteiger partial charge on any atom is 0.341 e. The van der Waals surface area contributed by atoms with Gasteiger partial charge in [0.05, 0.1) is 18.4 Å². The fourth-order valence-electron chi connectivity index (χ4n) is 3.31. The summed E-state index contributed by atoms with van der Waals surface area (Å²) in [6.45, 7) is 3.47. The molecule has 2 heterocycles. The van der Waals surface area contributed by atoms with E-state index in [0.29, 0.717) is 27.0 Å². The van der Waals surface area contributed by atoms with E-state index in [9.17, 15) is 14.4 Å². The van der Waals surface area contributed by atoms with Gasteiger partial charge in [0, 0.05) is 16.1 Å². The second-order valence-electron chi connectivity index (χ2n) is 7.03. The molecule has 3 rings (SSSR count). The van der Waals surface area contributed by atoms with Gasteiger partial charge in [-0.25, -0.2) is 9.78 Å². The zero-order valence-electron chi connectivity index (χ0n) is 16.8. The van der Waals surface area contributed by atoms with Crippen molar-refractivity contribution >= 4 is 40.0 Å². The lowest BCUT2D eigenvalue weighted by Gasteiger charge is -2.11. The second kappa shape index (κ2) is 9.58. The van der Waals surface area contributed by atoms with Gasteiger partial charge in [0.25, 0.3) is 5.56 Å². The maximum absolute atomic E-state index is 12.5. The largest absolute Gasteiger partial charge is 0.465 e. The van der Waals surface area contributed by atoms with Crippen LogP contribution in [0.3, 0.4) is 0 Å². The number of anilines is 1. The zero-order chi connectivity index (χ0) is 21.0. The number of H-pyrrole nitrogens is 1. The molecule has 0 unspecified atom stereocenters. The van der Waals surface area contributed by atoms with Gasteiger partial charge in [0.15, 0.2) is 5.16 Å². The SMILES string of the molecule is COC(=O)c1c(NC(=O)CSc2nc(C)c(C)c(=O)[nH]2)sc2c1CCCCCC2. The molecule has 0 aromatic carbocycles. The third-order valence-electron chi connectivity index (χ3n) is 5.03. The van der Waals surface area contributed by atoms with Crippen LogP contribution in [0.2, 0.25) is 0 Å². The number of nitrogens with zero attached hydrogens (tertiary/aromatic N) is 1. The topological polar surface area (TPSA) is 101 Å². The Morgan fingerprint density at radius 1 is 1.21 bits per heavy atom. The lowest BCUT2D eigenvalue weighted by Crippen LogP contribution is -2.18. The number of nitrogens with one attached hydrogen (secondary N) is 2. The van der Waals surface area contributed by atoms with Crippen LogP contribution < -0.4 is 10.9 Å². The van der Waals surface area contributed by atoms with Crippen molar-refractivity contribution < 1.29 is 14.3 Å². The molecular formula is C20H25N3O4S2. The number of rotatable bonds is 5. The molecule has 7 nitrogen and oxygen atoms in total. The molecule has 156 valence electrons. The van der Waals surface area contributed by atoms with Gasteiger partial charge in [0.2, 0.25) is 5.91 Å². The van der Waals surface area contributed by atoms with Gasteiger partial charge in [0.1, 0.15) is 5.00 Å². The van der Waals surface area contributed by atoms with Gasteiger partial charge >= 0.3 is 5.97 Å². The van der Waals surface area contributed by atoms with Gasteiger partial charge in [-0.3, -0.25) is 9.59 Å². The minimum Gasteiger partial charge on any atom is -0.465 e. The third-order valence-corrected chi connectivity index (χ3v) is 7.11. The second-order valence-corrected chi connectivity index (χ2v) is 9.10. The van der Waals surface area contributed by atoms with Crippen LogP contribution in [0.4, 0.5) is 5.00 Å². The monoisotopic (exact) mass is 435 g/mol. The predicted octanol–water partition coefficient (Wildman–Crippen LogP) is 3.62. The minimum atomic E-state index is -0.411. The first-order valence-electron chi connectivity index (χ1n) is 9.63. The number of aryl methyl sites for hydroxylation is 2. The van der Waals surface area contributed by atoms with E-state index in [2.05, 4.69) is 15.3 Å². The summed E-state index contributed by atoms with van der Waals surface area (Å²) in [6, 6.07) is 0. The van der Waals surface area contributed by atoms with Crippen LogP contribution in [-0.2, 0) is 22.4 Å². The first kappa shape index (κ1) is 21.6. The Balaban J connectivity index is 1.76. The van der Waals surface area contributed by atoms with Crippen molar-refractivity contribution in [2.45, 2.75) is 57.5 Å². The van der Waals surface area contributed by atoms with Gasteiger partial charge in [-0.15, -0.1) is 11.3 Å². The number of thioether (sulfide) groups is 1. The van der Waals surface area contributed by atoms with Crippen LogP contribution in [0, 0.1) is 13.8 Å². The number of aromatic nitrogens is 2. The molecule has 2 N–H and O–H groups in total. The smallest absolute Gasteiger partial charge is 0.341 e. The van der Waals surface area contributed by atoms with Crippen molar-refractivity contribution in [3.63, 3.8) is 0 Å². The summed E-state index contributed by atoms with van der Waals surface area (Å²) >= 11 is 2.63. The van der Waals surface area contributed by atoms with Crippen molar-refractivity contribution in [1.82, 2.24) is 9.97 Å². The van der Waals surface area contributed by atoms with E-state index in [1.54, 1.807) is 13.8 Å². The summed E-state index contributed by atoms with van der Waals surface area (Å²) in [5.74, 6) is -0.587. The number of hydrogen-bond donors (Lipinski definition) is 2. The number of hydrogen-bond acceptors (Lipinski definition) is 7. The number of fused-ring (bicyclic) bond motifs is 1. The molecule has 29 heavy (non-hydrogen) atoms. The summed E-state index contributed by atoms with van der Waals surface area (Å²) in [4.78, 5) is 44.9. The molecule has 0 spiro atoms. The summed E-state index contributed by atoms with van der Waals surface area (Å²) < 4.78 is 4.98. The number of aromatic amines is 1. The number of thiophene rings is 1. The average Bonchev–Trinajstić information content (AvgIpc) is 2.99. The highest BCUT2D eigenvalue weighted by molar-refractivity contribution is 7.99. The highest BCUT2D eigenvalue weighted by Gasteiger charge is 2.26. The molecule has 0 aliphatic heterocycles. The van der Waals surface area contributed by atoms with E-state index in [1.807, 2.05) is 0 Å². The molecule has 0 saturated carbocycles. The standard InChI is InChI=1S/C20H25N3O4S2/c1-11-12(2)21-20(23-17(11)25)28-10-15(24)22-18-16(19(26)27-3)13-8-6-4-5-7-9-14(13)29-18/h4-10H2,1-3H3,(H,22,24)(H,21,23,25). The zero-order valence-corrected chi connectivity index (χ0v) is 18.5. The number of esters is 1. The van der Waals surface area contributed by atoms with E-state index < -0.39 is 5.97 Å². The fraction of sp³-hybridized carbons (Fsp3) is 0.500. The maximum atomic E-state index is 12.5. The molecule has 0 saturated heterocycles. The van der Waals surface area contributed by atoms with Crippen LogP contribution in [0.5, 0.6) is 0 Å². The number of amides is 1. The number of carbonyl (C=O) groups is 2. The Kier molecular flexibility index (Phi) is 7.13. The molecular weight excluding hydrogens is 410 g/mol. The summed E-state index contributed by atoms with van der Waals surface area (Å²) in [5, 5.41) is 3.83. The molecule has 2 aromatic rings. The lowest BCUT2D eigenvalue weighted by molar-refractivity contribution is -0.113. The molecule has 1 aliphatic rings. The van der Waals surface area contributed by atoms with Crippen molar-refractivity contribution in [2.75, 3.05) is 18.2 Å².